The van der Waals surface area contributed by atoms with Gasteiger partial charge in [0, 0.05) is 11.4 Å². The van der Waals surface area contributed by atoms with Crippen LogP contribution in [0.3, 0.4) is 0 Å². The Labute approximate surface area is 208 Å². The number of carbonyl (C=O) groups excluding carboxylic acids is 1. The number of rotatable bonds is 8. The number of nitrogens with zero attached hydrogens (tertiary/aromatic N) is 4. The number of thiophene rings is 1. The van der Waals surface area contributed by atoms with Gasteiger partial charge in [0.15, 0.2) is 17.1 Å². The Morgan fingerprint density at radius 2 is 2.09 bits per heavy atom. The molecule has 0 saturated carbocycles. The monoisotopic (exact) mass is 495 g/mol. The van der Waals surface area contributed by atoms with Crippen LogP contribution in [0.25, 0.3) is 0 Å². The normalized spacial score (nSPS) is 13.7. The maximum Gasteiger partial charge on any atom is 0.235 e. The van der Waals surface area contributed by atoms with Crippen molar-refractivity contribution >= 4 is 34.0 Å². The van der Waals surface area contributed by atoms with Crippen LogP contribution in [0.4, 0.5) is 5.00 Å². The lowest BCUT2D eigenvalue weighted by Gasteiger charge is -2.16. The lowest BCUT2D eigenvalue weighted by molar-refractivity contribution is -0.113. The van der Waals surface area contributed by atoms with Crippen molar-refractivity contribution in [1.29, 1.82) is 5.26 Å². The van der Waals surface area contributed by atoms with Gasteiger partial charge in [-0.25, -0.2) is 0 Å². The predicted octanol–water partition coefficient (Wildman–Crippen LogP) is 5.60. The minimum Gasteiger partial charge on any atom is -0.483 e. The van der Waals surface area contributed by atoms with Crippen LogP contribution in [0.2, 0.25) is 0 Å². The van der Waals surface area contributed by atoms with Gasteiger partial charge in [0.2, 0.25) is 5.91 Å². The number of nitriles is 1. The molecule has 2 aromatic heterocycles. The van der Waals surface area contributed by atoms with E-state index in [1.54, 1.807) is 11.3 Å². The Morgan fingerprint density at radius 3 is 2.82 bits per heavy atom. The van der Waals surface area contributed by atoms with Crippen LogP contribution < -0.4 is 10.1 Å². The number of aryl methyl sites for hydroxylation is 3. The molecule has 1 atom stereocenters. The maximum absolute atomic E-state index is 12.7. The van der Waals surface area contributed by atoms with E-state index in [-0.39, 0.29) is 17.8 Å². The highest BCUT2D eigenvalue weighted by Crippen LogP contribution is 2.37. The molecule has 0 fully saturated rings. The molecular formula is C25H29N5O2S2. The van der Waals surface area contributed by atoms with Gasteiger partial charge in [-0.05, 0) is 82.2 Å². The molecule has 1 aliphatic rings. The third-order valence-corrected chi connectivity index (χ3v) is 8.26. The fraction of sp³-hybridized carbons (Fsp3) is 0.440. The first kappa shape index (κ1) is 24.3. The molecular weight excluding hydrogens is 466 g/mol. The molecule has 1 amide bonds. The second-order valence-electron chi connectivity index (χ2n) is 8.45. The van der Waals surface area contributed by atoms with Crippen molar-refractivity contribution in [1.82, 2.24) is 14.8 Å². The molecule has 2 heterocycles. The van der Waals surface area contributed by atoms with E-state index in [2.05, 4.69) is 35.4 Å². The molecule has 0 spiro atoms. The SMILES string of the molecule is CCn1c(SCC(=O)Nc2sc3c(c2C#N)CCCC3)nnc1C(C)Oc1ccc(C)c(C)c1. The Hall–Kier alpha value is -2.83. The average molecular weight is 496 g/mol. The zero-order chi connectivity index (χ0) is 24.2. The Morgan fingerprint density at radius 1 is 1.29 bits per heavy atom. The number of ether oxygens (including phenoxy) is 1. The number of hydrogen-bond acceptors (Lipinski definition) is 7. The van der Waals surface area contributed by atoms with Crippen molar-refractivity contribution in [2.75, 3.05) is 11.1 Å². The molecule has 3 aromatic rings. The van der Waals surface area contributed by atoms with Gasteiger partial charge in [0.25, 0.3) is 0 Å². The molecule has 1 N–H and O–H groups in total. The summed E-state index contributed by atoms with van der Waals surface area (Å²) in [4.78, 5) is 13.9. The van der Waals surface area contributed by atoms with Gasteiger partial charge >= 0.3 is 0 Å². The van der Waals surface area contributed by atoms with Crippen molar-refractivity contribution in [3.05, 3.63) is 51.2 Å². The lowest BCUT2D eigenvalue weighted by atomic mass is 9.96. The Balaban J connectivity index is 1.41. The molecule has 0 bridgehead atoms. The third-order valence-electron chi connectivity index (χ3n) is 6.08. The number of amides is 1. The fourth-order valence-electron chi connectivity index (χ4n) is 4.11. The van der Waals surface area contributed by atoms with Crippen LogP contribution in [-0.4, -0.2) is 26.4 Å². The zero-order valence-electron chi connectivity index (χ0n) is 20.0. The van der Waals surface area contributed by atoms with Crippen LogP contribution in [0.1, 0.15) is 65.7 Å². The summed E-state index contributed by atoms with van der Waals surface area (Å²) in [6.07, 6.45) is 3.87. The molecule has 0 radical (unpaired) electrons. The van der Waals surface area contributed by atoms with Crippen LogP contribution in [-0.2, 0) is 24.2 Å². The molecule has 0 aliphatic heterocycles. The molecule has 1 unspecified atom stereocenters. The van der Waals surface area contributed by atoms with Gasteiger partial charge in [0.05, 0.1) is 11.3 Å². The number of thioether (sulfide) groups is 1. The summed E-state index contributed by atoms with van der Waals surface area (Å²) in [7, 11) is 0. The van der Waals surface area contributed by atoms with Crippen molar-refractivity contribution < 1.29 is 9.53 Å². The standard InChI is InChI=1S/C25H29N5O2S2/c1-5-30-23(17(4)32-18-11-10-15(2)16(3)12-18)28-29-25(30)33-14-22(31)27-24-20(13-26)19-8-6-7-9-21(19)34-24/h10-12,17H,5-9,14H2,1-4H3,(H,27,31). The summed E-state index contributed by atoms with van der Waals surface area (Å²) in [5, 5.41) is 22.6. The van der Waals surface area contributed by atoms with E-state index in [9.17, 15) is 10.1 Å². The first-order valence-electron chi connectivity index (χ1n) is 11.6. The molecule has 178 valence electrons. The van der Waals surface area contributed by atoms with Gasteiger partial charge in [-0.15, -0.1) is 21.5 Å². The van der Waals surface area contributed by atoms with Gasteiger partial charge < -0.3 is 14.6 Å². The maximum atomic E-state index is 12.7. The van der Waals surface area contributed by atoms with Crippen LogP contribution in [0.5, 0.6) is 5.75 Å². The van der Waals surface area contributed by atoms with E-state index in [1.807, 2.05) is 36.6 Å². The minimum absolute atomic E-state index is 0.147. The Bertz CT molecular complexity index is 1240. The van der Waals surface area contributed by atoms with Gasteiger partial charge in [-0.1, -0.05) is 17.8 Å². The van der Waals surface area contributed by atoms with Crippen molar-refractivity contribution in [3.63, 3.8) is 0 Å². The van der Waals surface area contributed by atoms with Crippen molar-refractivity contribution in [2.45, 2.75) is 71.2 Å². The second kappa shape index (κ2) is 10.6. The predicted molar refractivity (Wildman–Crippen MR) is 136 cm³/mol. The number of anilines is 1. The van der Waals surface area contributed by atoms with Crippen molar-refractivity contribution in [3.8, 4) is 11.8 Å². The van der Waals surface area contributed by atoms with E-state index in [0.717, 1.165) is 42.8 Å². The van der Waals surface area contributed by atoms with E-state index in [0.29, 0.717) is 22.3 Å². The van der Waals surface area contributed by atoms with Gasteiger partial charge in [-0.3, -0.25) is 4.79 Å². The van der Waals surface area contributed by atoms with Crippen LogP contribution >= 0.6 is 23.1 Å². The van der Waals surface area contributed by atoms with Gasteiger partial charge in [-0.2, -0.15) is 5.26 Å². The number of nitrogens with one attached hydrogen (secondary N) is 1. The van der Waals surface area contributed by atoms with E-state index in [4.69, 9.17) is 4.74 Å². The van der Waals surface area contributed by atoms with E-state index in [1.165, 1.54) is 27.8 Å². The van der Waals surface area contributed by atoms with E-state index >= 15 is 0 Å². The Kier molecular flexibility index (Phi) is 7.59. The lowest BCUT2D eigenvalue weighted by Crippen LogP contribution is -2.15. The molecule has 1 aliphatic carbocycles. The second-order valence-corrected chi connectivity index (χ2v) is 10.5. The molecule has 9 heteroatoms. The first-order valence-corrected chi connectivity index (χ1v) is 13.4. The number of aromatic nitrogens is 3. The number of benzene rings is 1. The van der Waals surface area contributed by atoms with Crippen LogP contribution in [0.15, 0.2) is 23.4 Å². The molecule has 34 heavy (non-hydrogen) atoms. The number of hydrogen-bond donors (Lipinski definition) is 1. The summed E-state index contributed by atoms with van der Waals surface area (Å²) >= 11 is 2.88. The highest BCUT2D eigenvalue weighted by atomic mass is 32.2. The van der Waals surface area contributed by atoms with E-state index < -0.39 is 0 Å². The fourth-order valence-corrected chi connectivity index (χ4v) is 6.18. The van der Waals surface area contributed by atoms with Crippen LogP contribution in [0, 0.1) is 25.2 Å². The smallest absolute Gasteiger partial charge is 0.235 e. The first-order chi connectivity index (χ1) is 16.4. The largest absolute Gasteiger partial charge is 0.483 e. The molecule has 4 rings (SSSR count). The highest BCUT2D eigenvalue weighted by Gasteiger charge is 2.23. The van der Waals surface area contributed by atoms with Gasteiger partial charge in [0.1, 0.15) is 16.8 Å². The minimum atomic E-state index is -0.284. The third kappa shape index (κ3) is 5.13. The highest BCUT2D eigenvalue weighted by molar-refractivity contribution is 7.99. The number of fused-ring (bicyclic) bond motifs is 1. The average Bonchev–Trinajstić information content (AvgIpc) is 3.40. The van der Waals surface area contributed by atoms with Crippen molar-refractivity contribution in [2.24, 2.45) is 0 Å². The summed E-state index contributed by atoms with van der Waals surface area (Å²) in [5.74, 6) is 1.56. The zero-order valence-corrected chi connectivity index (χ0v) is 21.6. The summed E-state index contributed by atoms with van der Waals surface area (Å²) in [6, 6.07) is 8.32. The molecule has 1 aromatic carbocycles. The molecule has 0 saturated heterocycles. The summed E-state index contributed by atoms with van der Waals surface area (Å²) in [5.41, 5.74) is 4.15. The number of carbonyl (C=O) groups is 1. The molecule has 7 nitrogen and oxygen atoms in total. The summed E-state index contributed by atoms with van der Waals surface area (Å²) < 4.78 is 8.10. The summed E-state index contributed by atoms with van der Waals surface area (Å²) in [6.45, 7) is 8.78. The quantitative estimate of drug-likeness (QED) is 0.409. The topological polar surface area (TPSA) is 92.8 Å².